The highest BCUT2D eigenvalue weighted by atomic mass is 19.1. The Morgan fingerprint density at radius 3 is 2.63 bits per heavy atom. The number of halogens is 1. The van der Waals surface area contributed by atoms with Crippen molar-refractivity contribution < 1.29 is 28.6 Å². The van der Waals surface area contributed by atoms with Crippen molar-refractivity contribution in [3.05, 3.63) is 23.8 Å². The molecule has 1 N–H and O–H groups in total. The van der Waals surface area contributed by atoms with Gasteiger partial charge in [0.05, 0.1) is 19.3 Å². The van der Waals surface area contributed by atoms with Gasteiger partial charge in [-0.3, -0.25) is 9.59 Å². The minimum Gasteiger partial charge on any atom is -0.390 e. The molecule has 0 unspecified atom stereocenters. The van der Waals surface area contributed by atoms with Crippen molar-refractivity contribution >= 4 is 11.6 Å². The zero-order chi connectivity index (χ0) is 21.5. The van der Waals surface area contributed by atoms with E-state index in [0.29, 0.717) is 26.1 Å². The van der Waals surface area contributed by atoms with Gasteiger partial charge in [-0.05, 0) is 62.0 Å². The van der Waals surface area contributed by atoms with Crippen LogP contribution < -0.4 is 0 Å². The zero-order valence-corrected chi connectivity index (χ0v) is 17.9. The number of Topliss-reactive ketones (excluding diaryl/α,β-unsaturated/α-hetero) is 1. The highest BCUT2D eigenvalue weighted by Crippen LogP contribution is 2.69. The topological polar surface area (TPSA) is 72.8 Å². The Morgan fingerprint density at radius 2 is 1.93 bits per heavy atom. The summed E-state index contributed by atoms with van der Waals surface area (Å²) in [6.07, 6.45) is 4.81. The zero-order valence-electron chi connectivity index (χ0n) is 17.9. The van der Waals surface area contributed by atoms with E-state index in [9.17, 15) is 14.7 Å². The molecule has 3 saturated carbocycles. The number of rotatable bonds is 2. The predicted molar refractivity (Wildman–Crippen MR) is 107 cm³/mol. The number of allylic oxidation sites excluding steroid dienone is 4. The van der Waals surface area contributed by atoms with Crippen LogP contribution in [0.25, 0.3) is 0 Å². The number of aliphatic hydroxyl groups excluding tert-OH is 1. The number of ether oxygens (including phenoxy) is 2. The summed E-state index contributed by atoms with van der Waals surface area (Å²) >= 11 is 0. The Labute approximate surface area is 176 Å². The minimum atomic E-state index is -1.85. The maximum atomic E-state index is 17.0. The Bertz CT molecular complexity index is 845. The lowest BCUT2D eigenvalue weighted by molar-refractivity contribution is -0.198. The van der Waals surface area contributed by atoms with Crippen molar-refractivity contribution in [3.63, 3.8) is 0 Å². The average molecular weight is 419 g/mol. The number of hydrogen-bond donors (Lipinski definition) is 1. The molecule has 0 aromatic heterocycles. The molecule has 1 aliphatic heterocycles. The Kier molecular flexibility index (Phi) is 4.49. The van der Waals surface area contributed by atoms with Gasteiger partial charge in [0.2, 0.25) is 6.29 Å². The van der Waals surface area contributed by atoms with Crippen molar-refractivity contribution in [1.82, 2.24) is 0 Å². The van der Waals surface area contributed by atoms with E-state index in [-0.39, 0.29) is 41.7 Å². The van der Waals surface area contributed by atoms with Crippen molar-refractivity contribution in [2.75, 3.05) is 13.2 Å². The molecule has 4 aliphatic carbocycles. The standard InChI is InChI=1S/C24H31FO5/c1-13-10-17-16-5-4-14-11-15(26)6-7-23(14,3)24(16,25)18(27)12-22(17,2)19(13)20(28)21-29-8-9-30-21/h6-7,11,13,16-19,21,27H,4-5,8-10,12H2,1-3H3/t13-,16+,17+,18+,19-,22+,23+,24+/m1/s1. The molecule has 5 aliphatic rings. The molecule has 1 saturated heterocycles. The summed E-state index contributed by atoms with van der Waals surface area (Å²) in [7, 11) is 0. The van der Waals surface area contributed by atoms with E-state index in [1.807, 2.05) is 6.92 Å². The van der Waals surface area contributed by atoms with E-state index >= 15 is 4.39 Å². The summed E-state index contributed by atoms with van der Waals surface area (Å²) in [6.45, 7) is 6.75. The second-order valence-corrected chi connectivity index (χ2v) is 10.5. The van der Waals surface area contributed by atoms with Gasteiger partial charge < -0.3 is 14.6 Å². The number of fused-ring (bicyclic) bond motifs is 5. The smallest absolute Gasteiger partial charge is 0.218 e. The van der Waals surface area contributed by atoms with E-state index in [4.69, 9.17) is 9.47 Å². The molecule has 4 fully saturated rings. The Hall–Kier alpha value is -1.37. The quantitative estimate of drug-likeness (QED) is 0.746. The highest BCUT2D eigenvalue weighted by molar-refractivity contribution is 6.01. The molecule has 1 heterocycles. The van der Waals surface area contributed by atoms with Crippen LogP contribution in [0.5, 0.6) is 0 Å². The molecule has 8 atom stereocenters. The van der Waals surface area contributed by atoms with Crippen LogP contribution in [0.15, 0.2) is 23.8 Å². The van der Waals surface area contributed by atoms with Crippen molar-refractivity contribution in [2.45, 2.75) is 64.5 Å². The second kappa shape index (κ2) is 6.57. The van der Waals surface area contributed by atoms with Gasteiger partial charge in [-0.2, -0.15) is 0 Å². The average Bonchev–Trinajstić information content (AvgIpc) is 3.30. The van der Waals surface area contributed by atoms with Gasteiger partial charge in [0.1, 0.15) is 0 Å². The van der Waals surface area contributed by atoms with Crippen molar-refractivity contribution in [3.8, 4) is 0 Å². The highest BCUT2D eigenvalue weighted by Gasteiger charge is 2.72. The number of alkyl halides is 1. The van der Waals surface area contributed by atoms with E-state index in [2.05, 4.69) is 13.8 Å². The molecule has 0 bridgehead atoms. The first-order valence-corrected chi connectivity index (χ1v) is 11.2. The molecule has 0 spiro atoms. The normalized spacial score (nSPS) is 50.6. The van der Waals surface area contributed by atoms with Gasteiger partial charge in [0.25, 0.3) is 0 Å². The van der Waals surface area contributed by atoms with Gasteiger partial charge in [-0.15, -0.1) is 0 Å². The van der Waals surface area contributed by atoms with E-state index in [0.717, 1.165) is 12.0 Å². The molecule has 5 nitrogen and oxygen atoms in total. The first kappa shape index (κ1) is 20.5. The minimum absolute atomic E-state index is 0.0133. The van der Waals surface area contributed by atoms with Crippen LogP contribution in [0, 0.1) is 34.5 Å². The lowest BCUT2D eigenvalue weighted by atomic mass is 9.45. The SMILES string of the molecule is C[C@@H]1C[C@H]2[C@@H]3CCC4=CC(=O)C=C[C@]4(C)[C@@]3(F)[C@@H](O)C[C@]2(C)[C@H]1C(=O)C1OCCO1. The number of carbonyl (C=O) groups excluding carboxylic acids is 2. The van der Waals surface area contributed by atoms with Crippen LogP contribution in [0.1, 0.15) is 46.5 Å². The molecule has 0 aromatic carbocycles. The van der Waals surface area contributed by atoms with Gasteiger partial charge >= 0.3 is 0 Å². The van der Waals surface area contributed by atoms with E-state index in [1.54, 1.807) is 12.2 Å². The van der Waals surface area contributed by atoms with E-state index in [1.165, 1.54) is 6.08 Å². The van der Waals surface area contributed by atoms with Crippen LogP contribution in [0.2, 0.25) is 0 Å². The second-order valence-electron chi connectivity index (χ2n) is 10.5. The summed E-state index contributed by atoms with van der Waals surface area (Å²) in [5.74, 6) is -0.802. The van der Waals surface area contributed by atoms with Crippen LogP contribution >= 0.6 is 0 Å². The van der Waals surface area contributed by atoms with Gasteiger partial charge in [0, 0.05) is 17.3 Å². The van der Waals surface area contributed by atoms with Crippen LogP contribution in [0.3, 0.4) is 0 Å². The summed E-state index contributed by atoms with van der Waals surface area (Å²) in [5, 5.41) is 11.3. The summed E-state index contributed by atoms with van der Waals surface area (Å²) in [5.41, 5.74) is -2.57. The Balaban J connectivity index is 1.54. The molecule has 6 heteroatoms. The molecule has 30 heavy (non-hydrogen) atoms. The van der Waals surface area contributed by atoms with E-state index < -0.39 is 28.9 Å². The molecule has 0 aromatic rings. The molecule has 5 rings (SSSR count). The van der Waals surface area contributed by atoms with Crippen molar-refractivity contribution in [2.24, 2.45) is 34.5 Å². The monoisotopic (exact) mass is 418 g/mol. The van der Waals surface area contributed by atoms with Gasteiger partial charge in [-0.1, -0.05) is 25.5 Å². The maximum Gasteiger partial charge on any atom is 0.218 e. The van der Waals surface area contributed by atoms with Gasteiger partial charge in [0.15, 0.2) is 17.2 Å². The number of hydrogen-bond acceptors (Lipinski definition) is 5. The number of ketones is 2. The number of carbonyl (C=O) groups is 2. The maximum absolute atomic E-state index is 17.0. The molecule has 0 radical (unpaired) electrons. The molecular formula is C24H31FO5. The summed E-state index contributed by atoms with van der Waals surface area (Å²) in [6, 6.07) is 0. The fourth-order valence-electron chi connectivity index (χ4n) is 7.85. The third kappa shape index (κ3) is 2.44. The summed E-state index contributed by atoms with van der Waals surface area (Å²) < 4.78 is 28.0. The largest absolute Gasteiger partial charge is 0.390 e. The van der Waals surface area contributed by atoms with Crippen molar-refractivity contribution in [1.29, 1.82) is 0 Å². The van der Waals surface area contributed by atoms with Gasteiger partial charge in [-0.25, -0.2) is 4.39 Å². The third-order valence-corrected chi connectivity index (χ3v) is 9.14. The molecular weight excluding hydrogens is 387 g/mol. The molecule has 0 amide bonds. The lowest BCUT2D eigenvalue weighted by Gasteiger charge is -2.62. The molecule has 164 valence electrons. The first-order chi connectivity index (χ1) is 14.1. The Morgan fingerprint density at radius 1 is 1.23 bits per heavy atom. The van der Waals surface area contributed by atoms with Crippen LogP contribution in [-0.4, -0.2) is 47.9 Å². The third-order valence-electron chi connectivity index (χ3n) is 9.14. The number of aliphatic hydroxyl groups is 1. The fraction of sp³-hybridized carbons (Fsp3) is 0.750. The predicted octanol–water partition coefficient (Wildman–Crippen LogP) is 3.16. The first-order valence-electron chi connectivity index (χ1n) is 11.2. The summed E-state index contributed by atoms with van der Waals surface area (Å²) in [4.78, 5) is 25.2. The van der Waals surface area contributed by atoms with Crippen LogP contribution in [0.4, 0.5) is 4.39 Å². The van der Waals surface area contributed by atoms with Crippen LogP contribution in [-0.2, 0) is 19.1 Å². The lowest BCUT2D eigenvalue weighted by Crippen LogP contribution is -2.66. The fourth-order valence-corrected chi connectivity index (χ4v) is 7.85.